The van der Waals surface area contributed by atoms with Crippen molar-refractivity contribution in [3.63, 3.8) is 0 Å². The first kappa shape index (κ1) is 30.4. The molecule has 1 aromatic carbocycles. The molecule has 1 N–H and O–H groups in total. The first-order valence-electron chi connectivity index (χ1n) is 11.0. The Morgan fingerprint density at radius 3 is 1.73 bits per heavy atom. The quantitative estimate of drug-likeness (QED) is 0.219. The second-order valence-electron chi connectivity index (χ2n) is 7.26. The molecular weight excluding hydrogens is 492 g/mol. The summed E-state index contributed by atoms with van der Waals surface area (Å²) < 4.78 is 80.8. The van der Waals surface area contributed by atoms with Crippen molar-refractivity contribution in [1.82, 2.24) is 4.90 Å². The van der Waals surface area contributed by atoms with Crippen LogP contribution in [0.4, 0.5) is 0 Å². The van der Waals surface area contributed by atoms with Gasteiger partial charge in [-0.3, -0.25) is 18.6 Å². The zero-order valence-electron chi connectivity index (χ0n) is 20.1. The summed E-state index contributed by atoms with van der Waals surface area (Å²) >= 11 is 0. The van der Waals surface area contributed by atoms with Crippen molar-refractivity contribution in [2.24, 2.45) is 0 Å². The molecule has 10 nitrogen and oxygen atoms in total. The van der Waals surface area contributed by atoms with Gasteiger partial charge < -0.3 is 18.1 Å². The van der Waals surface area contributed by atoms with Crippen molar-refractivity contribution in [3.05, 3.63) is 29.3 Å². The van der Waals surface area contributed by atoms with Crippen LogP contribution in [0, 0.1) is 6.92 Å². The Balaban J connectivity index is 3.11. The largest absolute Gasteiger partial charge is 0.344 e. The molecule has 0 saturated heterocycles. The summed E-state index contributed by atoms with van der Waals surface area (Å²) in [5.41, 5.74) is 1.32. The van der Waals surface area contributed by atoms with Gasteiger partial charge in [0.15, 0.2) is 0 Å². The third-order valence-electron chi connectivity index (χ3n) is 4.46. The van der Waals surface area contributed by atoms with Gasteiger partial charge in [0.1, 0.15) is 12.6 Å². The van der Waals surface area contributed by atoms with Crippen LogP contribution in [-0.2, 0) is 43.8 Å². The van der Waals surface area contributed by atoms with Gasteiger partial charge in [0.25, 0.3) is 10.1 Å². The lowest BCUT2D eigenvalue weighted by Crippen LogP contribution is -2.29. The molecule has 33 heavy (non-hydrogen) atoms. The molecule has 0 fully saturated rings. The van der Waals surface area contributed by atoms with E-state index < -0.39 is 25.3 Å². The molecule has 0 spiro atoms. The number of benzene rings is 1. The van der Waals surface area contributed by atoms with E-state index in [1.165, 1.54) is 6.07 Å². The van der Waals surface area contributed by atoms with Gasteiger partial charge in [-0.2, -0.15) is 8.42 Å². The molecule has 1 aromatic rings. The van der Waals surface area contributed by atoms with E-state index in [0.29, 0.717) is 18.4 Å². The van der Waals surface area contributed by atoms with Crippen LogP contribution >= 0.6 is 15.2 Å². The van der Waals surface area contributed by atoms with Crippen LogP contribution in [0.5, 0.6) is 0 Å². The molecule has 0 saturated carbocycles. The Labute approximate surface area is 197 Å². The van der Waals surface area contributed by atoms with E-state index in [-0.39, 0.29) is 50.4 Å². The fourth-order valence-electron chi connectivity index (χ4n) is 3.35. The van der Waals surface area contributed by atoms with Crippen molar-refractivity contribution in [2.75, 3.05) is 45.5 Å². The van der Waals surface area contributed by atoms with E-state index in [4.69, 9.17) is 18.1 Å². The normalized spacial score (nSPS) is 13.1. The van der Waals surface area contributed by atoms with Crippen LogP contribution in [0.2, 0.25) is 0 Å². The average molecular weight is 530 g/mol. The first-order chi connectivity index (χ1) is 15.4. The summed E-state index contributed by atoms with van der Waals surface area (Å²) in [6, 6.07) is 4.68. The molecule has 0 aliphatic rings. The van der Waals surface area contributed by atoms with Gasteiger partial charge in [-0.25, -0.2) is 0 Å². The Kier molecular flexibility index (Phi) is 13.0. The summed E-state index contributed by atoms with van der Waals surface area (Å²) in [5, 5.41) is 0. The van der Waals surface area contributed by atoms with Crippen LogP contribution in [0.3, 0.4) is 0 Å². The highest BCUT2D eigenvalue weighted by Gasteiger charge is 2.33. The number of hydrogen-bond acceptors (Lipinski definition) is 9. The van der Waals surface area contributed by atoms with Crippen LogP contribution < -0.4 is 0 Å². The second-order valence-corrected chi connectivity index (χ2v) is 12.7. The van der Waals surface area contributed by atoms with Crippen molar-refractivity contribution < 1.29 is 40.2 Å². The van der Waals surface area contributed by atoms with Crippen molar-refractivity contribution in [1.29, 1.82) is 0 Å². The van der Waals surface area contributed by atoms with E-state index in [9.17, 15) is 22.1 Å². The first-order valence-corrected chi connectivity index (χ1v) is 15.9. The lowest BCUT2D eigenvalue weighted by atomic mass is 10.1. The molecule has 0 heterocycles. The predicted molar refractivity (Wildman–Crippen MR) is 127 cm³/mol. The molecule has 0 amide bonds. The van der Waals surface area contributed by atoms with E-state index >= 15 is 0 Å². The molecule has 0 aromatic heterocycles. The topological polar surface area (TPSA) is 129 Å². The van der Waals surface area contributed by atoms with Crippen molar-refractivity contribution in [3.8, 4) is 0 Å². The number of rotatable bonds is 17. The van der Waals surface area contributed by atoms with Crippen molar-refractivity contribution >= 4 is 25.3 Å². The maximum absolute atomic E-state index is 13.1. The minimum absolute atomic E-state index is 0.127. The van der Waals surface area contributed by atoms with Gasteiger partial charge in [0.2, 0.25) is 0 Å². The van der Waals surface area contributed by atoms with Gasteiger partial charge in [-0.1, -0.05) is 17.7 Å². The Morgan fingerprint density at radius 1 is 0.879 bits per heavy atom. The Bertz CT molecular complexity index is 887. The van der Waals surface area contributed by atoms with Gasteiger partial charge in [-0.05, 0) is 65.6 Å². The lowest BCUT2D eigenvalue weighted by Gasteiger charge is -2.29. The van der Waals surface area contributed by atoms with Crippen LogP contribution in [0.25, 0.3) is 0 Å². The van der Waals surface area contributed by atoms with E-state index in [1.54, 1.807) is 44.7 Å². The fraction of sp³-hybridized carbons (Fsp3) is 0.700. The minimum Gasteiger partial charge on any atom is -0.308 e. The monoisotopic (exact) mass is 529 g/mol. The predicted octanol–water partition coefficient (Wildman–Crippen LogP) is 4.92. The van der Waals surface area contributed by atoms with Crippen LogP contribution in [-0.4, -0.2) is 63.4 Å². The minimum atomic E-state index is -4.37. The van der Waals surface area contributed by atoms with Gasteiger partial charge >= 0.3 is 15.2 Å². The molecule has 0 unspecified atom stereocenters. The lowest BCUT2D eigenvalue weighted by molar-refractivity contribution is 0.183. The summed E-state index contributed by atoms with van der Waals surface area (Å²) in [6.07, 6.45) is 0.479. The summed E-state index contributed by atoms with van der Waals surface area (Å²) in [5.74, 6) is 0. The molecule has 0 aliphatic carbocycles. The third-order valence-corrected chi connectivity index (χ3v) is 9.52. The zero-order valence-corrected chi connectivity index (χ0v) is 22.7. The molecule has 192 valence electrons. The highest BCUT2D eigenvalue weighted by Crippen LogP contribution is 2.53. The summed E-state index contributed by atoms with van der Waals surface area (Å²) in [4.78, 5) is 1.49. The molecule has 0 atom stereocenters. The smallest absolute Gasteiger partial charge is 0.308 e. The second kappa shape index (κ2) is 14.1. The standard InChI is InChI=1S/C20H37NO9P2S/c1-6-27-31(22,28-7-2)16-21(17-32(23,29-8-3)30-9-4)14-10-11-19-15-18(5)12-13-20(19)33(24,25)26/h12-13,15H,6-11,14,16-17H2,1-5H3,(H,24,25,26). The molecule has 0 bridgehead atoms. The highest BCUT2D eigenvalue weighted by atomic mass is 32.2. The SMILES string of the molecule is CCOP(=O)(CN(CCCc1cc(C)ccc1S(=O)(=O)O)CP(=O)(OCC)OCC)OCC. The third kappa shape index (κ3) is 10.7. The van der Waals surface area contributed by atoms with Crippen LogP contribution in [0.1, 0.15) is 45.2 Å². The van der Waals surface area contributed by atoms with E-state index in [1.807, 2.05) is 6.92 Å². The maximum Gasteiger partial charge on any atom is 0.344 e. The van der Waals surface area contributed by atoms with Gasteiger partial charge in [0.05, 0.1) is 31.3 Å². The summed E-state index contributed by atoms with van der Waals surface area (Å²) in [6.45, 7) is 9.65. The highest BCUT2D eigenvalue weighted by molar-refractivity contribution is 7.85. The van der Waals surface area contributed by atoms with Gasteiger partial charge in [-0.15, -0.1) is 0 Å². The number of aryl methyl sites for hydroxylation is 2. The zero-order chi connectivity index (χ0) is 25.1. The number of nitrogens with zero attached hydrogens (tertiary/aromatic N) is 1. The molecule has 1 rings (SSSR count). The van der Waals surface area contributed by atoms with Crippen LogP contribution in [0.15, 0.2) is 23.1 Å². The molecular formula is C20H37NO9P2S. The Morgan fingerprint density at radius 2 is 1.33 bits per heavy atom. The molecule has 13 heteroatoms. The molecule has 0 aliphatic heterocycles. The molecule has 0 radical (unpaired) electrons. The van der Waals surface area contributed by atoms with Gasteiger partial charge in [0, 0.05) is 0 Å². The average Bonchev–Trinajstić information content (AvgIpc) is 2.67. The maximum atomic E-state index is 13.1. The summed E-state index contributed by atoms with van der Waals surface area (Å²) in [7, 11) is -11.4. The fourth-order valence-corrected chi connectivity index (χ4v) is 7.75. The van der Waals surface area contributed by atoms with E-state index in [2.05, 4.69) is 0 Å². The number of hydrogen-bond donors (Lipinski definition) is 1. The Hall–Kier alpha value is -0.610. The van der Waals surface area contributed by atoms with Crippen molar-refractivity contribution in [2.45, 2.75) is 52.4 Å². The van der Waals surface area contributed by atoms with E-state index in [0.717, 1.165) is 5.56 Å².